The molecular formula is C23H21N4O2+. The van der Waals surface area contributed by atoms with Crippen LogP contribution in [0.3, 0.4) is 0 Å². The van der Waals surface area contributed by atoms with Gasteiger partial charge in [-0.05, 0) is 55.2 Å². The van der Waals surface area contributed by atoms with E-state index in [1.165, 1.54) is 18.6 Å². The molecule has 0 atom stereocenters. The Morgan fingerprint density at radius 2 is 1.83 bits per heavy atom. The fourth-order valence-corrected chi connectivity index (χ4v) is 3.76. The quantitative estimate of drug-likeness (QED) is 0.373. The van der Waals surface area contributed by atoms with Crippen LogP contribution < -0.4 is 9.88 Å². The monoisotopic (exact) mass is 385 g/mol. The van der Waals surface area contributed by atoms with Crippen molar-refractivity contribution in [3.8, 4) is 6.07 Å². The third kappa shape index (κ3) is 3.94. The molecule has 6 heteroatoms. The van der Waals surface area contributed by atoms with Crippen LogP contribution in [0.2, 0.25) is 0 Å². The SMILES string of the molecule is N#C/C(=C\c1cc2ccccc2[nH+]c1N1CCCCC1)c1ccc([N+](=O)[O-])cc1. The summed E-state index contributed by atoms with van der Waals surface area (Å²) in [6, 6.07) is 18.5. The number of nitro benzene ring substituents is 1. The Morgan fingerprint density at radius 1 is 1.10 bits per heavy atom. The van der Waals surface area contributed by atoms with Crippen LogP contribution in [0, 0.1) is 21.4 Å². The molecule has 0 spiro atoms. The normalized spacial score (nSPS) is 14.6. The van der Waals surface area contributed by atoms with Crippen LogP contribution in [0.1, 0.15) is 30.4 Å². The van der Waals surface area contributed by atoms with E-state index in [0.717, 1.165) is 48.2 Å². The van der Waals surface area contributed by atoms with Crippen molar-refractivity contribution in [2.24, 2.45) is 0 Å². The molecule has 1 fully saturated rings. The van der Waals surface area contributed by atoms with Gasteiger partial charge in [0, 0.05) is 17.5 Å². The molecule has 1 saturated heterocycles. The molecule has 29 heavy (non-hydrogen) atoms. The van der Waals surface area contributed by atoms with E-state index in [1.54, 1.807) is 12.1 Å². The number of aromatic amines is 1. The Labute approximate surface area is 168 Å². The average Bonchev–Trinajstić information content (AvgIpc) is 2.77. The van der Waals surface area contributed by atoms with Crippen LogP contribution in [-0.2, 0) is 0 Å². The highest BCUT2D eigenvalue weighted by molar-refractivity contribution is 5.93. The number of piperidine rings is 1. The number of nitro groups is 1. The number of allylic oxidation sites excluding steroid dienone is 1. The third-order valence-corrected chi connectivity index (χ3v) is 5.28. The largest absolute Gasteiger partial charge is 0.282 e. The first-order valence-corrected chi connectivity index (χ1v) is 9.72. The molecule has 0 radical (unpaired) electrons. The van der Waals surface area contributed by atoms with E-state index in [2.05, 4.69) is 28.1 Å². The zero-order chi connectivity index (χ0) is 20.2. The lowest BCUT2D eigenvalue weighted by atomic mass is 10.0. The second-order valence-corrected chi connectivity index (χ2v) is 7.18. The van der Waals surface area contributed by atoms with Gasteiger partial charge in [0.15, 0.2) is 0 Å². The summed E-state index contributed by atoms with van der Waals surface area (Å²) in [5, 5.41) is 21.7. The zero-order valence-electron chi connectivity index (χ0n) is 16.0. The molecule has 0 unspecified atom stereocenters. The van der Waals surface area contributed by atoms with E-state index in [0.29, 0.717) is 11.1 Å². The summed E-state index contributed by atoms with van der Waals surface area (Å²) in [4.78, 5) is 16.4. The molecule has 144 valence electrons. The van der Waals surface area contributed by atoms with Gasteiger partial charge in [-0.15, -0.1) is 0 Å². The number of hydrogen-bond acceptors (Lipinski definition) is 4. The Hall–Kier alpha value is -3.72. The van der Waals surface area contributed by atoms with Gasteiger partial charge in [0.05, 0.1) is 35.2 Å². The highest BCUT2D eigenvalue weighted by Gasteiger charge is 2.23. The van der Waals surface area contributed by atoms with Gasteiger partial charge in [0.2, 0.25) is 0 Å². The molecule has 0 aliphatic carbocycles. The lowest BCUT2D eigenvalue weighted by Gasteiger charge is -2.22. The lowest BCUT2D eigenvalue weighted by Crippen LogP contribution is -2.34. The van der Waals surface area contributed by atoms with Crippen molar-refractivity contribution in [1.29, 1.82) is 5.26 Å². The second kappa shape index (κ2) is 8.11. The number of benzene rings is 2. The van der Waals surface area contributed by atoms with E-state index in [4.69, 9.17) is 0 Å². The maximum absolute atomic E-state index is 10.9. The maximum Gasteiger partial charge on any atom is 0.282 e. The smallest absolute Gasteiger partial charge is 0.261 e. The van der Waals surface area contributed by atoms with E-state index in [1.807, 2.05) is 24.3 Å². The van der Waals surface area contributed by atoms with Crippen LogP contribution in [0.15, 0.2) is 54.6 Å². The summed E-state index contributed by atoms with van der Waals surface area (Å²) in [7, 11) is 0. The van der Waals surface area contributed by atoms with Gasteiger partial charge in [-0.25, -0.2) is 4.98 Å². The average molecular weight is 385 g/mol. The molecule has 6 nitrogen and oxygen atoms in total. The number of non-ortho nitro benzene ring substituents is 1. The van der Waals surface area contributed by atoms with Gasteiger partial charge in [-0.1, -0.05) is 18.2 Å². The Bertz CT molecular complexity index is 1120. The van der Waals surface area contributed by atoms with Crippen LogP contribution >= 0.6 is 0 Å². The lowest BCUT2D eigenvalue weighted by molar-refractivity contribution is -0.384. The molecule has 1 aromatic heterocycles. The molecule has 3 aromatic rings. The van der Waals surface area contributed by atoms with Gasteiger partial charge >= 0.3 is 0 Å². The van der Waals surface area contributed by atoms with Gasteiger partial charge in [0.1, 0.15) is 5.52 Å². The minimum atomic E-state index is -0.438. The molecule has 0 bridgehead atoms. The topological polar surface area (TPSA) is 84.3 Å². The van der Waals surface area contributed by atoms with Gasteiger partial charge in [0.25, 0.3) is 11.5 Å². The maximum atomic E-state index is 10.9. The highest BCUT2D eigenvalue weighted by atomic mass is 16.6. The number of nitrogens with one attached hydrogen (secondary N) is 1. The number of nitriles is 1. The minimum Gasteiger partial charge on any atom is -0.261 e. The first kappa shape index (κ1) is 18.6. The van der Waals surface area contributed by atoms with Gasteiger partial charge < -0.3 is 0 Å². The summed E-state index contributed by atoms with van der Waals surface area (Å²) in [6.45, 7) is 1.96. The summed E-state index contributed by atoms with van der Waals surface area (Å²) >= 11 is 0. The summed E-state index contributed by atoms with van der Waals surface area (Å²) < 4.78 is 0. The second-order valence-electron chi connectivity index (χ2n) is 7.18. The number of aromatic nitrogens is 1. The number of fused-ring (bicyclic) bond motifs is 1. The number of pyridine rings is 1. The third-order valence-electron chi connectivity index (χ3n) is 5.28. The summed E-state index contributed by atoms with van der Waals surface area (Å²) in [6.07, 6.45) is 5.41. The van der Waals surface area contributed by atoms with Crippen molar-refractivity contribution in [2.45, 2.75) is 19.3 Å². The van der Waals surface area contributed by atoms with Crippen LogP contribution in [-0.4, -0.2) is 18.0 Å². The first-order valence-electron chi connectivity index (χ1n) is 9.72. The number of anilines is 1. The number of nitrogens with zero attached hydrogens (tertiary/aromatic N) is 3. The fraction of sp³-hybridized carbons (Fsp3) is 0.217. The first-order chi connectivity index (χ1) is 14.2. The molecule has 0 saturated carbocycles. The number of H-pyrrole nitrogens is 1. The van der Waals surface area contributed by atoms with E-state index in [9.17, 15) is 15.4 Å². The minimum absolute atomic E-state index is 0.0130. The predicted molar refractivity (Wildman–Crippen MR) is 113 cm³/mol. The standard InChI is InChI=1S/C23H20N4O2/c24-16-20(17-8-10-21(11-9-17)27(28)29)15-19-14-18-6-2-3-7-22(18)25-23(19)26-12-4-1-5-13-26/h2-3,6-11,14-15H,1,4-5,12-13H2/p+1/b20-15+. The van der Waals surface area contributed by atoms with E-state index < -0.39 is 4.92 Å². The molecule has 1 N–H and O–H groups in total. The molecular weight excluding hydrogens is 364 g/mol. The summed E-state index contributed by atoms with van der Waals surface area (Å²) in [5.41, 5.74) is 3.15. The van der Waals surface area contributed by atoms with Gasteiger partial charge in [-0.2, -0.15) is 5.26 Å². The van der Waals surface area contributed by atoms with Crippen molar-refractivity contribution >= 4 is 34.1 Å². The molecule has 2 aromatic carbocycles. The predicted octanol–water partition coefficient (Wildman–Crippen LogP) is 4.62. The van der Waals surface area contributed by atoms with Crippen LogP contribution in [0.4, 0.5) is 11.5 Å². The molecule has 1 aliphatic heterocycles. The van der Waals surface area contributed by atoms with E-state index >= 15 is 0 Å². The van der Waals surface area contributed by atoms with Crippen molar-refractivity contribution in [3.63, 3.8) is 0 Å². The number of para-hydroxylation sites is 1. The van der Waals surface area contributed by atoms with Gasteiger partial charge in [-0.3, -0.25) is 15.0 Å². The molecule has 1 aliphatic rings. The highest BCUT2D eigenvalue weighted by Crippen LogP contribution is 2.28. The van der Waals surface area contributed by atoms with Crippen molar-refractivity contribution in [3.05, 3.63) is 75.8 Å². The van der Waals surface area contributed by atoms with E-state index in [-0.39, 0.29) is 5.69 Å². The Morgan fingerprint density at radius 3 is 2.52 bits per heavy atom. The van der Waals surface area contributed by atoms with Crippen LogP contribution in [0.25, 0.3) is 22.6 Å². The van der Waals surface area contributed by atoms with Crippen molar-refractivity contribution in [1.82, 2.24) is 0 Å². The van der Waals surface area contributed by atoms with Crippen LogP contribution in [0.5, 0.6) is 0 Å². The molecule has 2 heterocycles. The Balaban J connectivity index is 1.81. The zero-order valence-corrected chi connectivity index (χ0v) is 16.0. The van der Waals surface area contributed by atoms with Crippen molar-refractivity contribution < 1.29 is 9.91 Å². The summed E-state index contributed by atoms with van der Waals surface area (Å²) in [5.74, 6) is 1.01. The number of rotatable bonds is 4. The fourth-order valence-electron chi connectivity index (χ4n) is 3.76. The number of hydrogen-bond donors (Lipinski definition) is 0. The molecule has 4 rings (SSSR count). The molecule has 0 amide bonds. The van der Waals surface area contributed by atoms with Crippen molar-refractivity contribution in [2.75, 3.05) is 18.0 Å². The Kier molecular flexibility index (Phi) is 5.21.